The molecule has 0 atom stereocenters. The van der Waals surface area contributed by atoms with E-state index in [1.165, 1.54) is 17.7 Å². The third-order valence-electron chi connectivity index (χ3n) is 6.82. The van der Waals surface area contributed by atoms with Gasteiger partial charge in [0.25, 0.3) is 5.91 Å². The van der Waals surface area contributed by atoms with Crippen LogP contribution in [0.4, 0.5) is 10.2 Å². The summed E-state index contributed by atoms with van der Waals surface area (Å²) in [6.07, 6.45) is 4.91. The molecule has 7 nitrogen and oxygen atoms in total. The number of nitrogens with zero attached hydrogens (tertiary/aromatic N) is 6. The van der Waals surface area contributed by atoms with Gasteiger partial charge in [0, 0.05) is 37.7 Å². The summed E-state index contributed by atoms with van der Waals surface area (Å²) in [4.78, 5) is 27.0. The van der Waals surface area contributed by atoms with Gasteiger partial charge in [-0.05, 0) is 62.6 Å². The lowest BCUT2D eigenvalue weighted by Crippen LogP contribution is -2.35. The van der Waals surface area contributed by atoms with Crippen LogP contribution in [0.5, 0.6) is 0 Å². The first kappa shape index (κ1) is 21.7. The molecule has 6 rings (SSSR count). The maximum atomic E-state index is 13.3. The number of rotatable bonds is 4. The fourth-order valence-corrected chi connectivity index (χ4v) is 4.66. The molecule has 1 amide bonds. The summed E-state index contributed by atoms with van der Waals surface area (Å²) in [5, 5.41) is 5.60. The van der Waals surface area contributed by atoms with E-state index < -0.39 is 0 Å². The molecule has 0 spiro atoms. The predicted molar refractivity (Wildman–Crippen MR) is 133 cm³/mol. The van der Waals surface area contributed by atoms with Crippen molar-refractivity contribution in [2.24, 2.45) is 0 Å². The number of anilines is 1. The van der Waals surface area contributed by atoms with E-state index >= 15 is 0 Å². The van der Waals surface area contributed by atoms with Crippen LogP contribution < -0.4 is 4.90 Å². The van der Waals surface area contributed by atoms with Crippen LogP contribution in [-0.2, 0) is 0 Å². The molecule has 0 unspecified atom stereocenters. The van der Waals surface area contributed by atoms with Gasteiger partial charge in [-0.1, -0.05) is 17.7 Å². The predicted octanol–water partition coefficient (Wildman–Crippen LogP) is 4.49. The molecule has 4 aromatic rings. The van der Waals surface area contributed by atoms with Crippen LogP contribution in [-0.4, -0.2) is 56.7 Å². The topological polar surface area (TPSA) is 67.2 Å². The third kappa shape index (κ3) is 4.24. The van der Waals surface area contributed by atoms with Gasteiger partial charge >= 0.3 is 0 Å². The highest BCUT2D eigenvalue weighted by Crippen LogP contribution is 2.40. The molecular weight excluding hydrogens is 443 g/mol. The van der Waals surface area contributed by atoms with Crippen molar-refractivity contribution in [3.05, 3.63) is 77.5 Å². The fraction of sp³-hybridized carbons (Fsp3) is 0.333. The van der Waals surface area contributed by atoms with Crippen LogP contribution in [0.3, 0.4) is 0 Å². The van der Waals surface area contributed by atoms with Crippen molar-refractivity contribution in [3.63, 3.8) is 0 Å². The minimum absolute atomic E-state index is 0.0643. The number of amides is 1. The van der Waals surface area contributed by atoms with E-state index in [0.29, 0.717) is 31.1 Å². The number of carbonyl (C=O) groups excluding carboxylic acids is 1. The first-order valence-corrected chi connectivity index (χ1v) is 12.2. The normalized spacial score (nSPS) is 16.5. The Bertz CT molecular complexity index is 1380. The zero-order valence-corrected chi connectivity index (χ0v) is 19.7. The lowest BCUT2D eigenvalue weighted by molar-refractivity contribution is 0.0767. The zero-order chi connectivity index (χ0) is 23.9. The maximum Gasteiger partial charge on any atom is 0.253 e. The van der Waals surface area contributed by atoms with E-state index in [-0.39, 0.29) is 11.7 Å². The second-order valence-electron chi connectivity index (χ2n) is 9.45. The molecule has 1 aliphatic carbocycles. The average Bonchev–Trinajstić information content (AvgIpc) is 3.68. The van der Waals surface area contributed by atoms with Gasteiger partial charge in [-0.15, -0.1) is 0 Å². The molecule has 35 heavy (non-hydrogen) atoms. The standard InChI is InChI=1S/C27H27FN6O/c1-18-3-11-22(12-4-18)34-26-23(17-29-34)25(30-24(31-26)19-5-6-19)32-13-2-14-33(16-15-32)27(35)20-7-9-21(28)10-8-20/h3-4,7-12,17,19H,2,5-6,13-16H2,1H3. The van der Waals surface area contributed by atoms with Crippen LogP contribution >= 0.6 is 0 Å². The molecule has 3 heterocycles. The summed E-state index contributed by atoms with van der Waals surface area (Å²) in [5.74, 6) is 1.78. The Labute approximate surface area is 203 Å². The molecule has 2 aromatic heterocycles. The monoisotopic (exact) mass is 470 g/mol. The molecule has 2 aromatic carbocycles. The van der Waals surface area contributed by atoms with Gasteiger partial charge in [-0.3, -0.25) is 4.79 Å². The van der Waals surface area contributed by atoms with Gasteiger partial charge in [0.05, 0.1) is 17.3 Å². The maximum absolute atomic E-state index is 13.3. The van der Waals surface area contributed by atoms with E-state index in [0.717, 1.165) is 54.2 Å². The first-order chi connectivity index (χ1) is 17.1. The highest BCUT2D eigenvalue weighted by atomic mass is 19.1. The van der Waals surface area contributed by atoms with Gasteiger partial charge in [-0.25, -0.2) is 19.0 Å². The average molecular weight is 471 g/mol. The number of hydrogen-bond donors (Lipinski definition) is 0. The van der Waals surface area contributed by atoms with Crippen molar-refractivity contribution >= 4 is 22.8 Å². The van der Waals surface area contributed by atoms with Crippen molar-refractivity contribution < 1.29 is 9.18 Å². The Balaban J connectivity index is 1.31. The molecule has 178 valence electrons. The smallest absolute Gasteiger partial charge is 0.253 e. The highest BCUT2D eigenvalue weighted by molar-refractivity contribution is 5.94. The Morgan fingerprint density at radius 2 is 1.71 bits per heavy atom. The van der Waals surface area contributed by atoms with Crippen LogP contribution in [0.15, 0.2) is 54.7 Å². The largest absolute Gasteiger partial charge is 0.354 e. The highest BCUT2D eigenvalue weighted by Gasteiger charge is 2.30. The first-order valence-electron chi connectivity index (χ1n) is 12.2. The molecule has 8 heteroatoms. The summed E-state index contributed by atoms with van der Waals surface area (Å²) in [6, 6.07) is 14.0. The summed E-state index contributed by atoms with van der Waals surface area (Å²) in [6.45, 7) is 4.75. The van der Waals surface area contributed by atoms with Crippen LogP contribution in [0.25, 0.3) is 16.7 Å². The molecule has 2 fully saturated rings. The number of benzene rings is 2. The Morgan fingerprint density at radius 3 is 2.46 bits per heavy atom. The molecule has 1 aliphatic heterocycles. The van der Waals surface area contributed by atoms with Gasteiger partial charge in [0.2, 0.25) is 0 Å². The summed E-state index contributed by atoms with van der Waals surface area (Å²) in [7, 11) is 0. The fourth-order valence-electron chi connectivity index (χ4n) is 4.66. The second kappa shape index (κ2) is 8.76. The number of halogens is 1. The summed E-state index contributed by atoms with van der Waals surface area (Å²) < 4.78 is 15.2. The lowest BCUT2D eigenvalue weighted by Gasteiger charge is -2.24. The molecule has 0 bridgehead atoms. The van der Waals surface area contributed by atoms with E-state index in [9.17, 15) is 9.18 Å². The lowest BCUT2D eigenvalue weighted by atomic mass is 10.2. The third-order valence-corrected chi connectivity index (χ3v) is 6.82. The van der Waals surface area contributed by atoms with Crippen LogP contribution in [0, 0.1) is 12.7 Å². The molecule has 2 aliphatic rings. The number of aryl methyl sites for hydroxylation is 1. The number of carbonyl (C=O) groups is 1. The molecule has 1 saturated carbocycles. The Morgan fingerprint density at radius 1 is 0.943 bits per heavy atom. The van der Waals surface area contributed by atoms with Gasteiger partial charge in [0.1, 0.15) is 17.5 Å². The number of aromatic nitrogens is 4. The second-order valence-corrected chi connectivity index (χ2v) is 9.45. The summed E-state index contributed by atoms with van der Waals surface area (Å²) >= 11 is 0. The van der Waals surface area contributed by atoms with Crippen molar-refractivity contribution in [3.8, 4) is 5.69 Å². The van der Waals surface area contributed by atoms with E-state index in [1.807, 2.05) is 15.8 Å². The molecular formula is C27H27FN6O. The quantitative estimate of drug-likeness (QED) is 0.440. The zero-order valence-electron chi connectivity index (χ0n) is 19.7. The van der Waals surface area contributed by atoms with Crippen molar-refractivity contribution in [1.29, 1.82) is 0 Å². The van der Waals surface area contributed by atoms with Gasteiger partial charge < -0.3 is 9.80 Å². The minimum atomic E-state index is -0.339. The van der Waals surface area contributed by atoms with E-state index in [2.05, 4.69) is 41.2 Å². The Kier molecular flexibility index (Phi) is 5.43. The van der Waals surface area contributed by atoms with Crippen molar-refractivity contribution in [1.82, 2.24) is 24.6 Å². The summed E-state index contributed by atoms with van der Waals surface area (Å²) in [5.41, 5.74) is 3.51. The number of hydrogen-bond acceptors (Lipinski definition) is 5. The Hall–Kier alpha value is -3.81. The molecule has 0 radical (unpaired) electrons. The van der Waals surface area contributed by atoms with E-state index in [1.54, 1.807) is 12.1 Å². The van der Waals surface area contributed by atoms with Crippen LogP contribution in [0.2, 0.25) is 0 Å². The minimum Gasteiger partial charge on any atom is -0.354 e. The molecule has 0 N–H and O–H groups in total. The molecule has 1 saturated heterocycles. The van der Waals surface area contributed by atoms with Crippen molar-refractivity contribution in [2.45, 2.75) is 32.1 Å². The van der Waals surface area contributed by atoms with Crippen molar-refractivity contribution in [2.75, 3.05) is 31.1 Å². The van der Waals surface area contributed by atoms with Gasteiger partial charge in [-0.2, -0.15) is 5.10 Å². The SMILES string of the molecule is Cc1ccc(-n2ncc3c(N4CCCN(C(=O)c5ccc(F)cc5)CC4)nc(C4CC4)nc32)cc1. The number of fused-ring (bicyclic) bond motifs is 1. The van der Waals surface area contributed by atoms with Gasteiger partial charge in [0.15, 0.2) is 5.65 Å². The van der Waals surface area contributed by atoms with E-state index in [4.69, 9.17) is 9.97 Å². The van der Waals surface area contributed by atoms with Crippen LogP contribution in [0.1, 0.15) is 46.9 Å².